The number of sulfonamides is 1. The normalized spacial score (nSPS) is 11.4. The van der Waals surface area contributed by atoms with Gasteiger partial charge in [0.05, 0.1) is 15.2 Å². The third-order valence-electron chi connectivity index (χ3n) is 2.76. The Hall–Kier alpha value is -1.31. The first-order valence-electron chi connectivity index (χ1n) is 5.74. The Bertz CT molecular complexity index is 812. The second kappa shape index (κ2) is 5.82. The van der Waals surface area contributed by atoms with E-state index < -0.39 is 15.8 Å². The van der Waals surface area contributed by atoms with E-state index in [-0.39, 0.29) is 25.8 Å². The number of nitrogens with one attached hydrogen (secondary N) is 1. The van der Waals surface area contributed by atoms with Gasteiger partial charge in [-0.05, 0) is 58.7 Å². The van der Waals surface area contributed by atoms with Gasteiger partial charge in [0, 0.05) is 5.69 Å². The molecular weight excluding hydrogens is 383 g/mol. The van der Waals surface area contributed by atoms with Crippen LogP contribution in [0.5, 0.6) is 0 Å². The second-order valence-corrected chi connectivity index (χ2v) is 7.29. The minimum Gasteiger partial charge on any atom is -0.399 e. The molecule has 0 amide bonds. The van der Waals surface area contributed by atoms with Crippen molar-refractivity contribution in [1.29, 1.82) is 0 Å². The number of benzene rings is 2. The zero-order valence-electron chi connectivity index (χ0n) is 10.8. The van der Waals surface area contributed by atoms with E-state index in [2.05, 4.69) is 20.7 Å². The molecule has 0 aliphatic heterocycles. The van der Waals surface area contributed by atoms with Crippen LogP contribution < -0.4 is 10.5 Å². The maximum absolute atomic E-state index is 13.6. The van der Waals surface area contributed by atoms with Crippen molar-refractivity contribution in [2.45, 2.75) is 11.8 Å². The molecule has 0 aliphatic carbocycles. The van der Waals surface area contributed by atoms with Crippen molar-refractivity contribution in [3.05, 3.63) is 51.2 Å². The molecule has 4 nitrogen and oxygen atoms in total. The molecule has 0 radical (unpaired) electrons. The molecule has 0 fully saturated rings. The molecule has 0 aliphatic rings. The largest absolute Gasteiger partial charge is 0.399 e. The van der Waals surface area contributed by atoms with Crippen LogP contribution in [0.4, 0.5) is 15.8 Å². The van der Waals surface area contributed by atoms with Crippen LogP contribution in [0.2, 0.25) is 5.02 Å². The van der Waals surface area contributed by atoms with Gasteiger partial charge in [0.2, 0.25) is 0 Å². The summed E-state index contributed by atoms with van der Waals surface area (Å²) >= 11 is 8.92. The molecule has 2 rings (SSSR count). The van der Waals surface area contributed by atoms with Gasteiger partial charge < -0.3 is 5.73 Å². The lowest BCUT2D eigenvalue weighted by Gasteiger charge is -2.12. The van der Waals surface area contributed by atoms with Crippen molar-refractivity contribution in [3.8, 4) is 0 Å². The van der Waals surface area contributed by atoms with Gasteiger partial charge in [-0.1, -0.05) is 11.6 Å². The highest BCUT2D eigenvalue weighted by molar-refractivity contribution is 9.10. The van der Waals surface area contributed by atoms with Crippen molar-refractivity contribution in [2.75, 3.05) is 10.5 Å². The third-order valence-corrected chi connectivity index (χ3v) is 5.21. The number of aryl methyl sites for hydroxylation is 1. The number of rotatable bonds is 3. The van der Waals surface area contributed by atoms with E-state index in [1.54, 1.807) is 6.92 Å². The van der Waals surface area contributed by atoms with Crippen LogP contribution in [0.25, 0.3) is 0 Å². The Morgan fingerprint density at radius 3 is 2.62 bits per heavy atom. The van der Waals surface area contributed by atoms with Gasteiger partial charge in [-0.2, -0.15) is 0 Å². The first kappa shape index (κ1) is 16.1. The number of anilines is 2. The smallest absolute Gasteiger partial charge is 0.263 e. The van der Waals surface area contributed by atoms with Gasteiger partial charge in [0.25, 0.3) is 10.0 Å². The van der Waals surface area contributed by atoms with E-state index in [0.29, 0.717) is 5.56 Å². The third kappa shape index (κ3) is 3.48. The van der Waals surface area contributed by atoms with E-state index in [4.69, 9.17) is 17.3 Å². The Kier molecular flexibility index (Phi) is 4.46. The first-order chi connectivity index (χ1) is 9.70. The van der Waals surface area contributed by atoms with Crippen molar-refractivity contribution >= 4 is 48.9 Å². The van der Waals surface area contributed by atoms with E-state index in [9.17, 15) is 12.8 Å². The molecule has 0 heterocycles. The Labute approximate surface area is 135 Å². The van der Waals surface area contributed by atoms with Crippen molar-refractivity contribution in [3.63, 3.8) is 0 Å². The van der Waals surface area contributed by atoms with Gasteiger partial charge in [-0.25, -0.2) is 12.8 Å². The summed E-state index contributed by atoms with van der Waals surface area (Å²) in [5, 5.41) is 0.0342. The van der Waals surface area contributed by atoms with Crippen LogP contribution in [0, 0.1) is 12.7 Å². The molecule has 0 atom stereocenters. The SMILES string of the molecule is Cc1cc(Br)c(F)cc1NS(=O)(=O)c1cc(N)ccc1Cl. The molecule has 0 aromatic heterocycles. The summed E-state index contributed by atoms with van der Waals surface area (Å²) in [7, 11) is -3.96. The highest BCUT2D eigenvalue weighted by Gasteiger charge is 2.20. The lowest BCUT2D eigenvalue weighted by Crippen LogP contribution is -2.15. The molecule has 0 bridgehead atoms. The van der Waals surface area contributed by atoms with Gasteiger partial charge >= 0.3 is 0 Å². The second-order valence-electron chi connectivity index (χ2n) is 4.38. The molecule has 21 heavy (non-hydrogen) atoms. The summed E-state index contributed by atoms with van der Waals surface area (Å²) in [5.74, 6) is -0.572. The minimum atomic E-state index is -3.96. The molecule has 2 aromatic carbocycles. The molecular formula is C13H11BrClFN2O2S. The number of hydrogen-bond donors (Lipinski definition) is 2. The Balaban J connectivity index is 2.47. The molecule has 0 spiro atoms. The van der Waals surface area contributed by atoms with Crippen LogP contribution in [-0.2, 0) is 10.0 Å². The average molecular weight is 394 g/mol. The summed E-state index contributed by atoms with van der Waals surface area (Å²) in [4.78, 5) is -0.160. The Morgan fingerprint density at radius 2 is 1.95 bits per heavy atom. The molecule has 0 saturated carbocycles. The Morgan fingerprint density at radius 1 is 1.29 bits per heavy atom. The van der Waals surface area contributed by atoms with E-state index in [1.807, 2.05) is 0 Å². The quantitative estimate of drug-likeness (QED) is 0.776. The van der Waals surface area contributed by atoms with Crippen molar-refractivity contribution < 1.29 is 12.8 Å². The molecule has 8 heteroatoms. The monoisotopic (exact) mass is 392 g/mol. The first-order valence-corrected chi connectivity index (χ1v) is 8.39. The standard InChI is InChI=1S/C13H11BrClFN2O2S/c1-7-4-9(14)11(16)6-12(7)18-21(19,20)13-5-8(17)2-3-10(13)15/h2-6,18H,17H2,1H3. The highest BCUT2D eigenvalue weighted by Crippen LogP contribution is 2.29. The lowest BCUT2D eigenvalue weighted by atomic mass is 10.2. The fraction of sp³-hybridized carbons (Fsp3) is 0.0769. The van der Waals surface area contributed by atoms with Crippen LogP contribution >= 0.6 is 27.5 Å². The van der Waals surface area contributed by atoms with Crippen LogP contribution in [0.1, 0.15) is 5.56 Å². The van der Waals surface area contributed by atoms with Gasteiger partial charge in [0.1, 0.15) is 10.7 Å². The maximum Gasteiger partial charge on any atom is 0.263 e. The van der Waals surface area contributed by atoms with Crippen LogP contribution in [-0.4, -0.2) is 8.42 Å². The van der Waals surface area contributed by atoms with Gasteiger partial charge in [-0.3, -0.25) is 4.72 Å². The van der Waals surface area contributed by atoms with Gasteiger partial charge in [0.15, 0.2) is 0 Å². The average Bonchev–Trinajstić information content (AvgIpc) is 2.38. The number of halogens is 3. The molecule has 0 saturated heterocycles. The summed E-state index contributed by atoms with van der Waals surface area (Å²) in [6, 6.07) is 6.70. The number of nitrogen functional groups attached to an aromatic ring is 1. The molecule has 112 valence electrons. The fourth-order valence-corrected chi connectivity index (χ4v) is 3.80. The highest BCUT2D eigenvalue weighted by atomic mass is 79.9. The van der Waals surface area contributed by atoms with E-state index in [0.717, 1.165) is 6.07 Å². The maximum atomic E-state index is 13.6. The molecule has 0 unspecified atom stereocenters. The zero-order valence-corrected chi connectivity index (χ0v) is 14.0. The summed E-state index contributed by atoms with van der Waals surface area (Å²) in [6.45, 7) is 1.66. The van der Waals surface area contributed by atoms with Gasteiger partial charge in [-0.15, -0.1) is 0 Å². The summed E-state index contributed by atoms with van der Waals surface area (Å²) in [5.41, 5.74) is 6.53. The summed E-state index contributed by atoms with van der Waals surface area (Å²) in [6.07, 6.45) is 0. The number of nitrogens with two attached hydrogens (primary N) is 1. The predicted octanol–water partition coefficient (Wildman–Crippen LogP) is 3.93. The zero-order chi connectivity index (χ0) is 15.8. The van der Waals surface area contributed by atoms with E-state index >= 15 is 0 Å². The van der Waals surface area contributed by atoms with Crippen molar-refractivity contribution in [1.82, 2.24) is 0 Å². The number of hydrogen-bond acceptors (Lipinski definition) is 3. The van der Waals surface area contributed by atoms with E-state index in [1.165, 1.54) is 24.3 Å². The van der Waals surface area contributed by atoms with Crippen LogP contribution in [0.3, 0.4) is 0 Å². The minimum absolute atomic E-state index is 0.0342. The molecule has 3 N–H and O–H groups in total. The topological polar surface area (TPSA) is 72.2 Å². The summed E-state index contributed by atoms with van der Waals surface area (Å²) < 4.78 is 40.8. The fourth-order valence-electron chi connectivity index (χ4n) is 1.68. The van der Waals surface area contributed by atoms with Crippen LogP contribution in [0.15, 0.2) is 39.7 Å². The lowest BCUT2D eigenvalue weighted by molar-refractivity contribution is 0.601. The molecule has 2 aromatic rings. The van der Waals surface area contributed by atoms with Crippen molar-refractivity contribution in [2.24, 2.45) is 0 Å². The predicted molar refractivity (Wildman–Crippen MR) is 85.5 cm³/mol.